The molecule has 12 heteroatoms. The normalized spacial score (nSPS) is 19.4. The molecule has 3 amide bonds. The van der Waals surface area contributed by atoms with Crippen LogP contribution in [0, 0.1) is 5.41 Å². The molecule has 218 valence electrons. The Labute approximate surface area is 243 Å². The van der Waals surface area contributed by atoms with Crippen LogP contribution in [0.25, 0.3) is 10.1 Å². The molecule has 3 heterocycles. The van der Waals surface area contributed by atoms with Crippen molar-refractivity contribution in [2.75, 3.05) is 26.7 Å². The molecule has 2 saturated heterocycles. The summed E-state index contributed by atoms with van der Waals surface area (Å²) in [7, 11) is -2.46. The van der Waals surface area contributed by atoms with Crippen molar-refractivity contribution in [2.45, 2.75) is 50.2 Å². The molecule has 0 radical (unpaired) electrons. The fourth-order valence-corrected chi connectivity index (χ4v) is 7.44. The average Bonchev–Trinajstić information content (AvgIpc) is 3.68. The van der Waals surface area contributed by atoms with Crippen LogP contribution < -0.4 is 14.8 Å². The molecule has 5 rings (SSSR count). The predicted molar refractivity (Wildman–Crippen MR) is 156 cm³/mol. The number of nitrogens with one attached hydrogen (secondary N) is 2. The first-order chi connectivity index (χ1) is 19.4. The molecule has 2 bridgehead atoms. The molecule has 0 aliphatic carbocycles. The van der Waals surface area contributed by atoms with E-state index in [2.05, 4.69) is 10.0 Å². The summed E-state index contributed by atoms with van der Waals surface area (Å²) in [5, 5.41) is 3.96. The van der Waals surface area contributed by atoms with Gasteiger partial charge in [-0.2, -0.15) is 0 Å². The van der Waals surface area contributed by atoms with E-state index in [1.165, 1.54) is 30.6 Å². The third-order valence-corrected chi connectivity index (χ3v) is 10.2. The molecule has 2 fully saturated rings. The van der Waals surface area contributed by atoms with E-state index in [4.69, 9.17) is 4.74 Å². The summed E-state index contributed by atoms with van der Waals surface area (Å²) in [5.41, 5.74) is -0.542. The number of sulfonamides is 1. The zero-order chi connectivity index (χ0) is 29.5. The Kier molecular flexibility index (Phi) is 7.84. The molecule has 0 spiro atoms. The Morgan fingerprint density at radius 2 is 1.73 bits per heavy atom. The summed E-state index contributed by atoms with van der Waals surface area (Å²) in [6.07, 6.45) is 0.612. The van der Waals surface area contributed by atoms with Crippen LogP contribution in [0.1, 0.15) is 36.9 Å². The number of piperazine rings is 1. The highest BCUT2D eigenvalue weighted by molar-refractivity contribution is 7.89. The first kappa shape index (κ1) is 29.0. The van der Waals surface area contributed by atoms with Crippen LogP contribution in [0.4, 0.5) is 0 Å². The van der Waals surface area contributed by atoms with Crippen molar-refractivity contribution < 1.29 is 27.5 Å². The molecular formula is C29H34N4O6S2. The number of likely N-dealkylation sites (tertiary alicyclic amines) is 2. The minimum Gasteiger partial charge on any atom is -0.497 e. The number of ether oxygens (including phenoxy) is 1. The summed E-state index contributed by atoms with van der Waals surface area (Å²) in [6, 6.07) is 14.5. The summed E-state index contributed by atoms with van der Waals surface area (Å²) in [6.45, 7) is 6.02. The monoisotopic (exact) mass is 598 g/mol. The maximum absolute atomic E-state index is 13.8. The molecule has 3 aromatic rings. The Balaban J connectivity index is 1.21. The minimum atomic E-state index is -3.91. The second-order valence-electron chi connectivity index (χ2n) is 11.5. The van der Waals surface area contributed by atoms with E-state index in [0.29, 0.717) is 30.1 Å². The number of nitrogens with zero attached hydrogens (tertiary/aromatic N) is 2. The van der Waals surface area contributed by atoms with Gasteiger partial charge in [0, 0.05) is 23.9 Å². The third-order valence-electron chi connectivity index (χ3n) is 7.65. The van der Waals surface area contributed by atoms with Gasteiger partial charge in [0.2, 0.25) is 21.8 Å². The number of methoxy groups -OCH3 is 1. The first-order valence-corrected chi connectivity index (χ1v) is 15.7. The van der Waals surface area contributed by atoms with Gasteiger partial charge in [-0.3, -0.25) is 14.4 Å². The van der Waals surface area contributed by atoms with Crippen LogP contribution in [-0.4, -0.2) is 80.8 Å². The number of hydrogen-bond acceptors (Lipinski definition) is 7. The van der Waals surface area contributed by atoms with Crippen molar-refractivity contribution in [3.05, 3.63) is 59.5 Å². The molecule has 2 aromatic carbocycles. The SMILES string of the molecule is COc1cccc(S(=O)(=O)NCC(=O)N2C[C@@H]3C[C@H]2CN3C(=O)C(NC(=O)c2cc3ccccc3s2)C(C)(C)C)c1. The maximum atomic E-state index is 13.8. The van der Waals surface area contributed by atoms with Crippen LogP contribution in [-0.2, 0) is 19.6 Å². The van der Waals surface area contributed by atoms with Crippen molar-refractivity contribution in [2.24, 2.45) is 5.41 Å². The molecule has 1 unspecified atom stereocenters. The lowest BCUT2D eigenvalue weighted by molar-refractivity contribution is -0.142. The van der Waals surface area contributed by atoms with Crippen LogP contribution in [0.2, 0.25) is 0 Å². The van der Waals surface area contributed by atoms with Gasteiger partial charge in [0.15, 0.2) is 0 Å². The average molecular weight is 599 g/mol. The highest BCUT2D eigenvalue weighted by atomic mass is 32.2. The van der Waals surface area contributed by atoms with Crippen LogP contribution in [0.3, 0.4) is 0 Å². The van der Waals surface area contributed by atoms with Gasteiger partial charge in [-0.25, -0.2) is 13.1 Å². The highest BCUT2D eigenvalue weighted by Gasteiger charge is 2.49. The van der Waals surface area contributed by atoms with Crippen LogP contribution in [0.15, 0.2) is 59.5 Å². The second-order valence-corrected chi connectivity index (χ2v) is 14.4. The smallest absolute Gasteiger partial charge is 0.262 e. The van der Waals surface area contributed by atoms with Gasteiger partial charge in [-0.05, 0) is 41.5 Å². The largest absolute Gasteiger partial charge is 0.497 e. The van der Waals surface area contributed by atoms with E-state index in [1.807, 2.05) is 51.1 Å². The number of rotatable bonds is 8. The Morgan fingerprint density at radius 3 is 2.39 bits per heavy atom. The summed E-state index contributed by atoms with van der Waals surface area (Å²) >= 11 is 1.39. The van der Waals surface area contributed by atoms with E-state index >= 15 is 0 Å². The van der Waals surface area contributed by atoms with Crippen molar-refractivity contribution in [3.8, 4) is 5.75 Å². The van der Waals surface area contributed by atoms with Gasteiger partial charge in [-0.1, -0.05) is 45.0 Å². The molecule has 3 atom stereocenters. The van der Waals surface area contributed by atoms with E-state index < -0.39 is 21.5 Å². The van der Waals surface area contributed by atoms with Crippen molar-refractivity contribution >= 4 is 49.2 Å². The third kappa shape index (κ3) is 5.95. The highest BCUT2D eigenvalue weighted by Crippen LogP contribution is 2.34. The number of thiophene rings is 1. The fourth-order valence-electron chi connectivity index (χ4n) is 5.46. The number of carbonyl (C=O) groups excluding carboxylic acids is 3. The molecule has 2 aliphatic heterocycles. The Hall–Kier alpha value is -3.48. The van der Waals surface area contributed by atoms with E-state index in [-0.39, 0.29) is 41.2 Å². The topological polar surface area (TPSA) is 125 Å². The molecule has 10 nitrogen and oxygen atoms in total. The molecule has 2 aliphatic rings. The molecule has 1 aromatic heterocycles. The summed E-state index contributed by atoms with van der Waals surface area (Å²) in [4.78, 5) is 43.9. The molecule has 0 saturated carbocycles. The van der Waals surface area contributed by atoms with Crippen LogP contribution in [0.5, 0.6) is 5.75 Å². The zero-order valence-corrected chi connectivity index (χ0v) is 25.1. The lowest BCUT2D eigenvalue weighted by Crippen LogP contribution is -2.59. The summed E-state index contributed by atoms with van der Waals surface area (Å²) in [5.74, 6) is -0.412. The van der Waals surface area contributed by atoms with E-state index in [9.17, 15) is 22.8 Å². The summed E-state index contributed by atoms with van der Waals surface area (Å²) < 4.78 is 33.9. The predicted octanol–water partition coefficient (Wildman–Crippen LogP) is 2.84. The maximum Gasteiger partial charge on any atom is 0.262 e. The van der Waals surface area contributed by atoms with Crippen LogP contribution >= 0.6 is 11.3 Å². The van der Waals surface area contributed by atoms with Gasteiger partial charge in [0.1, 0.15) is 11.8 Å². The van der Waals surface area contributed by atoms with Gasteiger partial charge in [0.25, 0.3) is 5.91 Å². The lowest BCUT2D eigenvalue weighted by Gasteiger charge is -2.39. The van der Waals surface area contributed by atoms with Gasteiger partial charge in [0.05, 0.1) is 35.5 Å². The first-order valence-electron chi connectivity index (χ1n) is 13.4. The van der Waals surface area contributed by atoms with Crippen molar-refractivity contribution in [3.63, 3.8) is 0 Å². The number of amides is 3. The van der Waals surface area contributed by atoms with Crippen molar-refractivity contribution in [1.82, 2.24) is 19.8 Å². The molecular weight excluding hydrogens is 564 g/mol. The zero-order valence-electron chi connectivity index (χ0n) is 23.4. The van der Waals surface area contributed by atoms with Gasteiger partial charge >= 0.3 is 0 Å². The van der Waals surface area contributed by atoms with Gasteiger partial charge < -0.3 is 19.9 Å². The quantitative estimate of drug-likeness (QED) is 0.411. The number of fused-ring (bicyclic) bond motifs is 3. The lowest BCUT2D eigenvalue weighted by atomic mass is 9.85. The standard InChI is InChI=1S/C29H34N4O6S2/c1-29(2,3)26(31-27(35)24-12-18-8-5-6-11-23(18)40-24)28(36)33-17-19-13-20(33)16-32(19)25(34)15-30-41(37,38)22-10-7-9-21(14-22)39-4/h5-12,14,19-20,26,30H,13,15-17H2,1-4H3,(H,31,35)/t19-,20-,26?/m0/s1. The Morgan fingerprint density at radius 1 is 1.02 bits per heavy atom. The van der Waals surface area contributed by atoms with Crippen molar-refractivity contribution in [1.29, 1.82) is 0 Å². The molecule has 41 heavy (non-hydrogen) atoms. The number of benzene rings is 2. The second kappa shape index (κ2) is 11.1. The van der Waals surface area contributed by atoms with E-state index in [1.54, 1.807) is 21.9 Å². The number of hydrogen-bond donors (Lipinski definition) is 2. The molecule has 2 N–H and O–H groups in total. The van der Waals surface area contributed by atoms with E-state index in [0.717, 1.165) is 10.1 Å². The minimum absolute atomic E-state index is 0.00952. The fraction of sp³-hybridized carbons (Fsp3) is 0.414. The Bertz CT molecular complexity index is 1560. The van der Waals surface area contributed by atoms with Gasteiger partial charge in [-0.15, -0.1) is 11.3 Å². The number of carbonyl (C=O) groups is 3.